The molecule has 0 aliphatic carbocycles. The second-order valence-electron chi connectivity index (χ2n) is 3.79. The molecule has 2 aromatic carbocycles. The van der Waals surface area contributed by atoms with Crippen molar-refractivity contribution in [1.29, 1.82) is 0 Å². The number of halogens is 2. The molecular weight excluding hydrogens is 239 g/mol. The first-order valence-electron chi connectivity index (χ1n) is 5.62. The molecule has 0 spiro atoms. The molecule has 0 saturated heterocycles. The maximum atomic E-state index is 12.0. The van der Waals surface area contributed by atoms with E-state index in [0.717, 1.165) is 22.1 Å². The minimum atomic E-state index is -0.357. The summed E-state index contributed by atoms with van der Waals surface area (Å²) >= 11 is 5.97. The van der Waals surface area contributed by atoms with E-state index in [1.165, 1.54) is 0 Å². The number of ether oxygens (including phenoxy) is 1. The van der Waals surface area contributed by atoms with Gasteiger partial charge in [-0.25, -0.2) is 0 Å². The van der Waals surface area contributed by atoms with E-state index in [9.17, 15) is 4.39 Å². The predicted octanol–water partition coefficient (Wildman–Crippen LogP) is 4.32. The second-order valence-corrected chi connectivity index (χ2v) is 4.06. The van der Waals surface area contributed by atoms with Gasteiger partial charge in [-0.2, -0.15) is 0 Å². The third-order valence-corrected chi connectivity index (χ3v) is 2.93. The van der Waals surface area contributed by atoms with Crippen LogP contribution in [-0.2, 0) is 5.88 Å². The topological polar surface area (TPSA) is 9.23 Å². The summed E-state index contributed by atoms with van der Waals surface area (Å²) in [4.78, 5) is 0. The van der Waals surface area contributed by atoms with Gasteiger partial charge in [0, 0.05) is 12.0 Å². The highest BCUT2D eigenvalue weighted by Crippen LogP contribution is 2.29. The van der Waals surface area contributed by atoms with Crippen LogP contribution in [0.25, 0.3) is 10.8 Å². The number of benzene rings is 2. The summed E-state index contributed by atoms with van der Waals surface area (Å²) in [7, 11) is 0. The van der Waals surface area contributed by atoms with Gasteiger partial charge < -0.3 is 4.74 Å². The number of hydrogen-bond acceptors (Lipinski definition) is 1. The van der Waals surface area contributed by atoms with Gasteiger partial charge in [0.05, 0.1) is 19.2 Å². The van der Waals surface area contributed by atoms with Crippen LogP contribution in [0.15, 0.2) is 36.4 Å². The van der Waals surface area contributed by atoms with Gasteiger partial charge in [-0.05, 0) is 16.8 Å². The highest BCUT2D eigenvalue weighted by Gasteiger charge is 2.07. The first-order chi connectivity index (χ1) is 8.36. The molecule has 0 amide bonds. The van der Waals surface area contributed by atoms with Gasteiger partial charge in [-0.1, -0.05) is 30.3 Å². The normalized spacial score (nSPS) is 10.7. The SMILES string of the molecule is FCCCOc1ccc2ccccc2c1CCl. The Labute approximate surface area is 105 Å². The first kappa shape index (κ1) is 12.2. The van der Waals surface area contributed by atoms with Crippen molar-refractivity contribution in [1.82, 2.24) is 0 Å². The lowest BCUT2D eigenvalue weighted by Gasteiger charge is -2.12. The van der Waals surface area contributed by atoms with E-state index in [1.54, 1.807) is 0 Å². The van der Waals surface area contributed by atoms with Crippen LogP contribution in [0, 0.1) is 0 Å². The Bertz CT molecular complexity index is 499. The van der Waals surface area contributed by atoms with Gasteiger partial charge in [0.15, 0.2) is 0 Å². The molecule has 1 nitrogen and oxygen atoms in total. The fraction of sp³-hybridized carbons (Fsp3) is 0.286. The van der Waals surface area contributed by atoms with Crippen LogP contribution in [0.3, 0.4) is 0 Å². The monoisotopic (exact) mass is 252 g/mol. The molecule has 0 aliphatic rings. The zero-order valence-corrected chi connectivity index (χ0v) is 10.2. The number of alkyl halides is 2. The Kier molecular flexibility index (Phi) is 4.21. The van der Waals surface area contributed by atoms with E-state index in [1.807, 2.05) is 36.4 Å². The molecule has 0 atom stereocenters. The van der Waals surface area contributed by atoms with E-state index >= 15 is 0 Å². The van der Waals surface area contributed by atoms with Crippen LogP contribution in [0.2, 0.25) is 0 Å². The van der Waals surface area contributed by atoms with Gasteiger partial charge >= 0.3 is 0 Å². The number of fused-ring (bicyclic) bond motifs is 1. The fourth-order valence-corrected chi connectivity index (χ4v) is 2.10. The zero-order chi connectivity index (χ0) is 12.1. The standard InChI is InChI=1S/C14H14ClFO/c15-10-13-12-5-2-1-4-11(12)6-7-14(13)17-9-3-8-16/h1-2,4-7H,3,8-10H2. The molecule has 0 N–H and O–H groups in total. The molecule has 2 aromatic rings. The maximum absolute atomic E-state index is 12.0. The average Bonchev–Trinajstić information content (AvgIpc) is 2.38. The maximum Gasteiger partial charge on any atom is 0.124 e. The Morgan fingerprint density at radius 1 is 1.12 bits per heavy atom. The largest absolute Gasteiger partial charge is 0.493 e. The molecule has 90 valence electrons. The first-order valence-corrected chi connectivity index (χ1v) is 6.15. The lowest BCUT2D eigenvalue weighted by molar-refractivity contribution is 0.288. The minimum Gasteiger partial charge on any atom is -0.493 e. The van der Waals surface area contributed by atoms with Crippen molar-refractivity contribution in [2.45, 2.75) is 12.3 Å². The third kappa shape index (κ3) is 2.70. The lowest BCUT2D eigenvalue weighted by Crippen LogP contribution is -2.00. The Balaban J connectivity index is 2.35. The molecule has 0 fully saturated rings. The minimum absolute atomic E-state index is 0.357. The van der Waals surface area contributed by atoms with Crippen molar-refractivity contribution >= 4 is 22.4 Å². The fourth-order valence-electron chi connectivity index (χ4n) is 1.83. The van der Waals surface area contributed by atoms with Crippen molar-refractivity contribution in [2.75, 3.05) is 13.3 Å². The van der Waals surface area contributed by atoms with E-state index in [-0.39, 0.29) is 6.67 Å². The van der Waals surface area contributed by atoms with Crippen molar-refractivity contribution in [2.24, 2.45) is 0 Å². The van der Waals surface area contributed by atoms with Crippen molar-refractivity contribution < 1.29 is 9.13 Å². The molecular formula is C14H14ClFO. The average molecular weight is 253 g/mol. The van der Waals surface area contributed by atoms with Crippen LogP contribution in [0.1, 0.15) is 12.0 Å². The summed E-state index contributed by atoms with van der Waals surface area (Å²) < 4.78 is 17.6. The Morgan fingerprint density at radius 3 is 2.71 bits per heavy atom. The van der Waals surface area contributed by atoms with E-state index in [4.69, 9.17) is 16.3 Å². The lowest BCUT2D eigenvalue weighted by atomic mass is 10.0. The summed E-state index contributed by atoms with van der Waals surface area (Å²) in [6.07, 6.45) is 0.411. The van der Waals surface area contributed by atoms with Gasteiger partial charge in [-0.15, -0.1) is 11.6 Å². The zero-order valence-electron chi connectivity index (χ0n) is 9.46. The third-order valence-electron chi connectivity index (χ3n) is 2.67. The molecule has 0 saturated carbocycles. The Hall–Kier alpha value is -1.28. The summed E-state index contributed by atoms with van der Waals surface area (Å²) in [5.74, 6) is 1.15. The van der Waals surface area contributed by atoms with E-state index in [0.29, 0.717) is 18.9 Å². The number of hydrogen-bond donors (Lipinski definition) is 0. The number of rotatable bonds is 5. The van der Waals surface area contributed by atoms with Crippen molar-refractivity contribution in [3.8, 4) is 5.75 Å². The van der Waals surface area contributed by atoms with Crippen LogP contribution in [-0.4, -0.2) is 13.3 Å². The van der Waals surface area contributed by atoms with Gasteiger partial charge in [0.1, 0.15) is 5.75 Å². The molecule has 2 rings (SSSR count). The molecule has 0 unspecified atom stereocenters. The predicted molar refractivity (Wildman–Crippen MR) is 69.6 cm³/mol. The summed E-state index contributed by atoms with van der Waals surface area (Å²) in [6, 6.07) is 11.9. The summed E-state index contributed by atoms with van der Waals surface area (Å²) in [5, 5.41) is 2.24. The molecule has 3 heteroatoms. The van der Waals surface area contributed by atoms with E-state index in [2.05, 4.69) is 0 Å². The van der Waals surface area contributed by atoms with Gasteiger partial charge in [-0.3, -0.25) is 4.39 Å². The molecule has 17 heavy (non-hydrogen) atoms. The highest BCUT2D eigenvalue weighted by atomic mass is 35.5. The van der Waals surface area contributed by atoms with Crippen molar-refractivity contribution in [3.63, 3.8) is 0 Å². The van der Waals surface area contributed by atoms with Crippen LogP contribution >= 0.6 is 11.6 Å². The second kappa shape index (κ2) is 5.87. The van der Waals surface area contributed by atoms with Crippen LogP contribution < -0.4 is 4.74 Å². The van der Waals surface area contributed by atoms with Crippen LogP contribution in [0.4, 0.5) is 4.39 Å². The van der Waals surface area contributed by atoms with Crippen LogP contribution in [0.5, 0.6) is 5.75 Å². The smallest absolute Gasteiger partial charge is 0.124 e. The molecule has 0 bridgehead atoms. The Morgan fingerprint density at radius 2 is 1.94 bits per heavy atom. The molecule has 0 aliphatic heterocycles. The molecule has 0 radical (unpaired) electrons. The highest BCUT2D eigenvalue weighted by molar-refractivity contribution is 6.18. The molecule has 0 aromatic heterocycles. The van der Waals surface area contributed by atoms with Crippen molar-refractivity contribution in [3.05, 3.63) is 42.0 Å². The quantitative estimate of drug-likeness (QED) is 0.569. The van der Waals surface area contributed by atoms with Gasteiger partial charge in [0.2, 0.25) is 0 Å². The van der Waals surface area contributed by atoms with E-state index < -0.39 is 0 Å². The summed E-state index contributed by atoms with van der Waals surface area (Å²) in [6.45, 7) is 0.0303. The summed E-state index contributed by atoms with van der Waals surface area (Å²) in [5.41, 5.74) is 0.976. The molecule has 0 heterocycles. The van der Waals surface area contributed by atoms with Gasteiger partial charge in [0.25, 0.3) is 0 Å².